The molecule has 8 heteroatoms. The smallest absolute Gasteiger partial charge is 0.160 e. The van der Waals surface area contributed by atoms with E-state index in [1.54, 1.807) is 0 Å². The van der Waals surface area contributed by atoms with E-state index >= 15 is 0 Å². The lowest BCUT2D eigenvalue weighted by Crippen LogP contribution is -1.96. The summed E-state index contributed by atoms with van der Waals surface area (Å²) in [6.07, 6.45) is 7.32. The first kappa shape index (κ1) is 51.6. The lowest BCUT2D eigenvalue weighted by Gasteiger charge is -2.12. The molecular formula is C80H50N8. The topological polar surface area (TPSA) is 103 Å². The van der Waals surface area contributed by atoms with E-state index < -0.39 is 0 Å². The van der Waals surface area contributed by atoms with E-state index in [0.717, 1.165) is 155 Å². The number of nitrogens with zero attached hydrogens (tertiary/aromatic N) is 8. The second kappa shape index (κ2) is 22.2. The van der Waals surface area contributed by atoms with Gasteiger partial charge < -0.3 is 0 Å². The molecule has 0 atom stereocenters. The molecule has 0 N–H and O–H groups in total. The monoisotopic (exact) mass is 1120 g/mol. The summed E-state index contributed by atoms with van der Waals surface area (Å²) in [5.74, 6) is 1.28. The highest BCUT2D eigenvalue weighted by Crippen LogP contribution is 2.36. The molecule has 0 spiro atoms. The summed E-state index contributed by atoms with van der Waals surface area (Å²) in [6.45, 7) is 0. The molecule has 10 aromatic carbocycles. The molecule has 8 nitrogen and oxygen atoms in total. The van der Waals surface area contributed by atoms with Crippen LogP contribution in [0.2, 0.25) is 0 Å². The molecule has 0 aliphatic heterocycles. The van der Waals surface area contributed by atoms with Crippen LogP contribution in [0.3, 0.4) is 0 Å². The maximum Gasteiger partial charge on any atom is 0.160 e. The number of hydrogen-bond donors (Lipinski definition) is 0. The van der Waals surface area contributed by atoms with Gasteiger partial charge in [-0.05, 0) is 141 Å². The van der Waals surface area contributed by atoms with Crippen LogP contribution in [0.25, 0.3) is 167 Å². The van der Waals surface area contributed by atoms with Gasteiger partial charge >= 0.3 is 0 Å². The Hall–Kier alpha value is -12.0. The summed E-state index contributed by atoms with van der Waals surface area (Å²) in [5.41, 5.74) is 24.2. The molecule has 0 fully saturated rings. The van der Waals surface area contributed by atoms with E-state index in [0.29, 0.717) is 11.6 Å². The number of rotatable bonds is 11. The van der Waals surface area contributed by atoms with Crippen molar-refractivity contribution in [2.45, 2.75) is 0 Å². The Labute approximate surface area is 508 Å². The molecule has 0 bridgehead atoms. The zero-order valence-electron chi connectivity index (χ0n) is 47.4. The Morgan fingerprint density at radius 3 is 0.591 bits per heavy atom. The minimum Gasteiger partial charge on any atom is -0.256 e. The predicted octanol–water partition coefficient (Wildman–Crippen LogP) is 19.8. The fraction of sp³-hybridized carbons (Fsp3) is 0. The van der Waals surface area contributed by atoms with Gasteiger partial charge in [-0.2, -0.15) is 0 Å². The molecule has 0 radical (unpaired) electrons. The highest BCUT2D eigenvalue weighted by molar-refractivity contribution is 5.89. The lowest BCUT2D eigenvalue weighted by molar-refractivity contribution is 1.18. The van der Waals surface area contributed by atoms with Crippen molar-refractivity contribution in [2.24, 2.45) is 0 Å². The van der Waals surface area contributed by atoms with Crippen LogP contribution in [0, 0.1) is 0 Å². The van der Waals surface area contributed by atoms with Crippen LogP contribution < -0.4 is 0 Å². The predicted molar refractivity (Wildman–Crippen MR) is 359 cm³/mol. The quantitative estimate of drug-likeness (QED) is 0.126. The largest absolute Gasteiger partial charge is 0.256 e. The van der Waals surface area contributed by atoms with Crippen molar-refractivity contribution in [1.29, 1.82) is 0 Å². The fourth-order valence-electron chi connectivity index (χ4n) is 11.7. The van der Waals surface area contributed by atoms with Crippen molar-refractivity contribution in [3.8, 4) is 123 Å². The molecule has 0 saturated carbocycles. The van der Waals surface area contributed by atoms with Gasteiger partial charge in [-0.1, -0.05) is 194 Å². The summed E-state index contributed by atoms with van der Waals surface area (Å²) < 4.78 is 0. The average Bonchev–Trinajstić information content (AvgIpc) is 3.30. The van der Waals surface area contributed by atoms with Gasteiger partial charge in [0.2, 0.25) is 0 Å². The van der Waals surface area contributed by atoms with Gasteiger partial charge in [0, 0.05) is 79.7 Å². The molecule has 0 aliphatic carbocycles. The highest BCUT2D eigenvalue weighted by atomic mass is 14.9. The van der Waals surface area contributed by atoms with Crippen molar-refractivity contribution in [2.75, 3.05) is 0 Å². The molecule has 0 amide bonds. The molecule has 0 saturated heterocycles. The Kier molecular flexibility index (Phi) is 13.0. The molecule has 6 aromatic heterocycles. The van der Waals surface area contributed by atoms with Crippen molar-refractivity contribution >= 4 is 43.6 Å². The van der Waals surface area contributed by atoms with E-state index in [1.807, 2.05) is 49.1 Å². The first-order valence-electron chi connectivity index (χ1n) is 29.3. The molecule has 88 heavy (non-hydrogen) atoms. The number of fused-ring (bicyclic) bond motifs is 4. The van der Waals surface area contributed by atoms with E-state index in [-0.39, 0.29) is 0 Å². The SMILES string of the molecule is c1cnc2ccc(-c3ccc(-c4cc(-c5ccc(-c6ccc7ncccc7c6)cc5)nc(-c5ccc(-c6ccc(-c7nc(-c8ccc(-c9ccc%10ncccc%10c9)cc8)cc(-c8ccc(-c9ccc%10ncccc%10c9)cc8)n7)cc6)cc5)n4)cc3)cc2c1. The number of hydrogen-bond acceptors (Lipinski definition) is 8. The van der Waals surface area contributed by atoms with E-state index in [2.05, 4.69) is 275 Å². The third kappa shape index (κ3) is 10.3. The van der Waals surface area contributed by atoms with Crippen LogP contribution in [0.1, 0.15) is 0 Å². The summed E-state index contributed by atoms with van der Waals surface area (Å²) in [5, 5.41) is 4.43. The van der Waals surface area contributed by atoms with Gasteiger partial charge in [0.05, 0.1) is 44.8 Å². The van der Waals surface area contributed by atoms with Crippen molar-refractivity contribution in [1.82, 2.24) is 39.9 Å². The van der Waals surface area contributed by atoms with Gasteiger partial charge in [0.1, 0.15) is 0 Å². The summed E-state index contributed by atoms with van der Waals surface area (Å²) in [4.78, 5) is 39.1. The van der Waals surface area contributed by atoms with Gasteiger partial charge in [0.25, 0.3) is 0 Å². The van der Waals surface area contributed by atoms with Crippen molar-refractivity contribution in [3.63, 3.8) is 0 Å². The minimum absolute atomic E-state index is 0.640. The maximum atomic E-state index is 5.25. The third-order valence-electron chi connectivity index (χ3n) is 16.5. The molecule has 16 aromatic rings. The Morgan fingerprint density at radius 2 is 0.352 bits per heavy atom. The first-order chi connectivity index (χ1) is 43.5. The third-order valence-corrected chi connectivity index (χ3v) is 16.5. The molecule has 0 aliphatic rings. The second-order valence-corrected chi connectivity index (χ2v) is 22.0. The Morgan fingerprint density at radius 1 is 0.159 bits per heavy atom. The molecule has 16 rings (SSSR count). The lowest BCUT2D eigenvalue weighted by atomic mass is 9.99. The zero-order valence-corrected chi connectivity index (χ0v) is 47.4. The zero-order chi connectivity index (χ0) is 58.3. The second-order valence-electron chi connectivity index (χ2n) is 22.0. The van der Waals surface area contributed by atoms with Crippen LogP contribution in [0.4, 0.5) is 0 Å². The van der Waals surface area contributed by atoms with Crippen LogP contribution in [-0.2, 0) is 0 Å². The van der Waals surface area contributed by atoms with Gasteiger partial charge in [-0.3, -0.25) is 19.9 Å². The van der Waals surface area contributed by atoms with Crippen molar-refractivity contribution < 1.29 is 0 Å². The first-order valence-corrected chi connectivity index (χ1v) is 29.3. The van der Waals surface area contributed by atoms with Crippen LogP contribution in [0.5, 0.6) is 0 Å². The number of benzene rings is 10. The average molecular weight is 1120 g/mol. The normalized spacial score (nSPS) is 11.4. The molecule has 0 unspecified atom stereocenters. The standard InChI is InChI=1S/C80H50N8/c1-5-67-45-63(33-37-71(67)81-41-1)53-9-21-57(22-10-53)75-49-76(58-23-11-54(12-24-58)64-34-38-72-68(46-64)6-2-42-82-72)86-79(85-75)61-29-17-51(18-30-61)52-19-31-62(32-20-52)80-87-77(59-25-13-55(14-26-59)65-35-39-73-69(47-65)7-3-43-83-73)50-78(88-80)60-27-15-56(16-28-60)66-36-40-74-70(48-66)8-4-44-84-74/h1-50H. The minimum atomic E-state index is 0.640. The molecule has 6 heterocycles. The van der Waals surface area contributed by atoms with E-state index in [1.165, 1.54) is 0 Å². The van der Waals surface area contributed by atoms with E-state index in [9.17, 15) is 0 Å². The Balaban J connectivity index is 0.712. The number of aromatic nitrogens is 8. The molecule has 410 valence electrons. The number of pyridine rings is 4. The van der Waals surface area contributed by atoms with Crippen LogP contribution in [-0.4, -0.2) is 39.9 Å². The fourth-order valence-corrected chi connectivity index (χ4v) is 11.7. The van der Waals surface area contributed by atoms with Gasteiger partial charge in [-0.15, -0.1) is 0 Å². The van der Waals surface area contributed by atoms with E-state index in [4.69, 9.17) is 19.9 Å². The van der Waals surface area contributed by atoms with Crippen LogP contribution in [0.15, 0.2) is 304 Å². The maximum absolute atomic E-state index is 5.25. The Bertz CT molecular complexity index is 4670. The van der Waals surface area contributed by atoms with Gasteiger partial charge in [0.15, 0.2) is 11.6 Å². The van der Waals surface area contributed by atoms with Crippen LogP contribution >= 0.6 is 0 Å². The molecular weight excluding hydrogens is 1070 g/mol. The summed E-state index contributed by atoms with van der Waals surface area (Å²) >= 11 is 0. The highest BCUT2D eigenvalue weighted by Gasteiger charge is 2.16. The summed E-state index contributed by atoms with van der Waals surface area (Å²) in [7, 11) is 0. The van der Waals surface area contributed by atoms with Crippen molar-refractivity contribution in [3.05, 3.63) is 304 Å². The van der Waals surface area contributed by atoms with Gasteiger partial charge in [-0.25, -0.2) is 19.9 Å². The summed E-state index contributed by atoms with van der Waals surface area (Å²) in [6, 6.07) is 97.7.